The highest BCUT2D eigenvalue weighted by Gasteiger charge is 2.22. The number of carbonyl (C=O) groups excluding carboxylic acids is 3. The van der Waals surface area contributed by atoms with Gasteiger partial charge in [-0.15, -0.1) is 0 Å². The fourth-order valence-electron chi connectivity index (χ4n) is 3.85. The van der Waals surface area contributed by atoms with Crippen molar-refractivity contribution in [3.05, 3.63) is 105 Å². The molecule has 0 atom stereocenters. The Balaban J connectivity index is 1.44. The van der Waals surface area contributed by atoms with E-state index >= 15 is 0 Å². The van der Waals surface area contributed by atoms with Gasteiger partial charge in [-0.2, -0.15) is 5.10 Å². The molecule has 0 unspecified atom stereocenters. The van der Waals surface area contributed by atoms with Gasteiger partial charge in [-0.05, 0) is 68.4 Å². The van der Waals surface area contributed by atoms with E-state index in [1.54, 1.807) is 86.2 Å². The number of hydrogen-bond acceptors (Lipinski definition) is 7. The molecule has 210 valence electrons. The number of amides is 2. The second-order valence-electron chi connectivity index (χ2n) is 8.79. The zero-order valence-electron chi connectivity index (χ0n) is 22.6. The van der Waals surface area contributed by atoms with Gasteiger partial charge in [0.1, 0.15) is 5.69 Å². The van der Waals surface area contributed by atoms with Gasteiger partial charge >= 0.3 is 17.8 Å². The minimum absolute atomic E-state index is 0.0225. The summed E-state index contributed by atoms with van der Waals surface area (Å²) in [7, 11) is 3.08. The average molecular weight is 576 g/mol. The Morgan fingerprint density at radius 3 is 2.22 bits per heavy atom. The van der Waals surface area contributed by atoms with Gasteiger partial charge in [0.25, 0.3) is 5.56 Å². The van der Waals surface area contributed by atoms with Crippen molar-refractivity contribution in [1.82, 2.24) is 14.8 Å². The van der Waals surface area contributed by atoms with Crippen LogP contribution in [0.4, 0.5) is 5.69 Å². The molecule has 2 N–H and O–H groups in total. The topological polar surface area (TPSA) is 133 Å². The third-order valence-electron chi connectivity index (χ3n) is 6.19. The number of nitrogens with one attached hydrogen (secondary N) is 2. The van der Waals surface area contributed by atoms with Crippen molar-refractivity contribution in [2.45, 2.75) is 13.8 Å². The zero-order chi connectivity index (χ0) is 29.7. The van der Waals surface area contributed by atoms with Crippen molar-refractivity contribution < 1.29 is 23.9 Å². The molecule has 0 radical (unpaired) electrons. The van der Waals surface area contributed by atoms with E-state index in [-0.39, 0.29) is 17.2 Å². The number of aromatic nitrogens is 2. The number of methoxy groups -OCH3 is 1. The van der Waals surface area contributed by atoms with Crippen LogP contribution in [-0.2, 0) is 16.6 Å². The first-order valence-electron chi connectivity index (χ1n) is 12.3. The first-order valence-corrected chi connectivity index (χ1v) is 12.6. The van der Waals surface area contributed by atoms with Gasteiger partial charge in [-0.1, -0.05) is 29.8 Å². The minimum Gasteiger partial charge on any atom is -0.493 e. The van der Waals surface area contributed by atoms with Crippen LogP contribution in [0.25, 0.3) is 5.69 Å². The van der Waals surface area contributed by atoms with Crippen molar-refractivity contribution in [1.29, 1.82) is 0 Å². The predicted octanol–water partition coefficient (Wildman–Crippen LogP) is 3.84. The lowest BCUT2D eigenvalue weighted by molar-refractivity contribution is -0.136. The summed E-state index contributed by atoms with van der Waals surface area (Å²) in [6.45, 7) is 3.26. The van der Waals surface area contributed by atoms with Crippen LogP contribution < -0.4 is 25.8 Å². The van der Waals surface area contributed by atoms with E-state index in [0.717, 1.165) is 0 Å². The molecule has 0 saturated heterocycles. The lowest BCUT2D eigenvalue weighted by Gasteiger charge is -2.11. The first-order chi connectivity index (χ1) is 19.6. The molecule has 0 aliphatic rings. The number of ether oxygens (including phenoxy) is 2. The number of esters is 1. The van der Waals surface area contributed by atoms with E-state index in [1.807, 2.05) is 6.07 Å². The SMILES string of the molecule is COc1cc(/C(C)=N/NC(=O)C(=O)Nc2c(C)n(C)n(-c3ccccc3)c2=O)ccc1OC(=O)c1ccc(Cl)cc1. The maximum absolute atomic E-state index is 13.0. The van der Waals surface area contributed by atoms with Gasteiger partial charge in [-0.3, -0.25) is 19.1 Å². The standard InChI is InChI=1S/C29H26ClN5O6/c1-17(20-12-15-23(24(16-20)40-4)41-29(39)19-10-13-21(30)14-11-19)32-33-27(37)26(36)31-25-18(2)34(3)35(28(25)38)22-8-6-5-7-9-22/h5-16H,1-4H3,(H,31,36)(H,33,37)/b32-17+. The predicted molar refractivity (Wildman–Crippen MR) is 154 cm³/mol. The van der Waals surface area contributed by atoms with E-state index in [1.165, 1.54) is 17.9 Å². The van der Waals surface area contributed by atoms with Gasteiger partial charge in [0, 0.05) is 17.6 Å². The molecule has 1 aromatic heterocycles. The second-order valence-corrected chi connectivity index (χ2v) is 9.23. The quantitative estimate of drug-likeness (QED) is 0.113. The summed E-state index contributed by atoms with van der Waals surface area (Å²) in [5.74, 6) is -2.31. The largest absolute Gasteiger partial charge is 0.493 e. The summed E-state index contributed by atoms with van der Waals surface area (Å²) < 4.78 is 13.8. The summed E-state index contributed by atoms with van der Waals surface area (Å²) in [6.07, 6.45) is 0. The van der Waals surface area contributed by atoms with E-state index in [0.29, 0.717) is 33.2 Å². The third-order valence-corrected chi connectivity index (χ3v) is 6.44. The molecular formula is C29H26ClN5O6. The number of hydrogen-bond donors (Lipinski definition) is 2. The van der Waals surface area contributed by atoms with E-state index in [9.17, 15) is 19.2 Å². The third kappa shape index (κ3) is 6.36. The molecule has 0 aliphatic heterocycles. The Morgan fingerprint density at radius 1 is 0.902 bits per heavy atom. The van der Waals surface area contributed by atoms with E-state index < -0.39 is 23.3 Å². The molecule has 1 heterocycles. The monoisotopic (exact) mass is 575 g/mol. The second kappa shape index (κ2) is 12.3. The van der Waals surface area contributed by atoms with Gasteiger partial charge in [0.2, 0.25) is 0 Å². The van der Waals surface area contributed by atoms with Crippen LogP contribution in [0, 0.1) is 6.92 Å². The van der Waals surface area contributed by atoms with Crippen molar-refractivity contribution in [2.75, 3.05) is 12.4 Å². The molecule has 41 heavy (non-hydrogen) atoms. The van der Waals surface area contributed by atoms with Gasteiger partial charge < -0.3 is 14.8 Å². The zero-order valence-corrected chi connectivity index (χ0v) is 23.4. The molecule has 11 nitrogen and oxygen atoms in total. The number of carbonyl (C=O) groups is 3. The summed E-state index contributed by atoms with van der Waals surface area (Å²) in [6, 6.07) is 19.8. The Morgan fingerprint density at radius 2 is 1.56 bits per heavy atom. The summed E-state index contributed by atoms with van der Waals surface area (Å²) in [5.41, 5.74) is 3.92. The van der Waals surface area contributed by atoms with Crippen LogP contribution in [0.1, 0.15) is 28.5 Å². The molecule has 2 amide bonds. The number of para-hydroxylation sites is 1. The molecule has 4 aromatic rings. The van der Waals surface area contributed by atoms with E-state index in [4.69, 9.17) is 21.1 Å². The smallest absolute Gasteiger partial charge is 0.343 e. The van der Waals surface area contributed by atoms with Crippen LogP contribution in [0.15, 0.2) is 82.7 Å². The normalized spacial score (nSPS) is 11.1. The lowest BCUT2D eigenvalue weighted by atomic mass is 10.1. The Kier molecular flexibility index (Phi) is 8.69. The highest BCUT2D eigenvalue weighted by molar-refractivity contribution is 6.39. The molecule has 0 bridgehead atoms. The highest BCUT2D eigenvalue weighted by atomic mass is 35.5. The Labute approximate surface area is 239 Å². The van der Waals surface area contributed by atoms with Gasteiger partial charge in [0.15, 0.2) is 11.5 Å². The maximum Gasteiger partial charge on any atom is 0.343 e. The fraction of sp³-hybridized carbons (Fsp3) is 0.138. The summed E-state index contributed by atoms with van der Waals surface area (Å²) in [5, 5.41) is 6.86. The number of hydrazone groups is 1. The highest BCUT2D eigenvalue weighted by Crippen LogP contribution is 2.29. The Bertz CT molecular complexity index is 1710. The van der Waals surface area contributed by atoms with Crippen LogP contribution >= 0.6 is 11.6 Å². The molecule has 3 aromatic carbocycles. The number of nitrogens with zero attached hydrogens (tertiary/aromatic N) is 3. The van der Waals surface area contributed by atoms with Crippen LogP contribution in [0.3, 0.4) is 0 Å². The van der Waals surface area contributed by atoms with Crippen molar-refractivity contribution in [2.24, 2.45) is 12.1 Å². The average Bonchev–Trinajstić information content (AvgIpc) is 3.19. The lowest BCUT2D eigenvalue weighted by Crippen LogP contribution is -2.34. The molecule has 0 aliphatic carbocycles. The molecular weight excluding hydrogens is 550 g/mol. The molecule has 0 fully saturated rings. The van der Waals surface area contributed by atoms with Gasteiger partial charge in [0.05, 0.1) is 29.8 Å². The number of benzene rings is 3. The van der Waals surface area contributed by atoms with E-state index in [2.05, 4.69) is 15.8 Å². The maximum atomic E-state index is 13.0. The number of rotatable bonds is 7. The van der Waals surface area contributed by atoms with Crippen LogP contribution in [0.2, 0.25) is 5.02 Å². The molecule has 0 spiro atoms. The molecule has 0 saturated carbocycles. The van der Waals surface area contributed by atoms with Crippen molar-refractivity contribution in [3.8, 4) is 17.2 Å². The minimum atomic E-state index is -1.07. The van der Waals surface area contributed by atoms with Crippen LogP contribution in [-0.4, -0.2) is 40.0 Å². The fourth-order valence-corrected chi connectivity index (χ4v) is 3.98. The first kappa shape index (κ1) is 28.8. The number of halogens is 1. The van der Waals surface area contributed by atoms with Crippen molar-refractivity contribution >= 4 is 40.8 Å². The molecule has 4 rings (SSSR count). The van der Waals surface area contributed by atoms with Crippen molar-refractivity contribution in [3.63, 3.8) is 0 Å². The number of anilines is 1. The van der Waals surface area contributed by atoms with Gasteiger partial charge in [-0.25, -0.2) is 14.9 Å². The van der Waals surface area contributed by atoms with Crippen LogP contribution in [0.5, 0.6) is 11.5 Å². The molecule has 12 heteroatoms. The summed E-state index contributed by atoms with van der Waals surface area (Å²) >= 11 is 5.86. The Hall–Kier alpha value is -5.16. The summed E-state index contributed by atoms with van der Waals surface area (Å²) in [4.78, 5) is 50.5.